The van der Waals surface area contributed by atoms with Gasteiger partial charge in [-0.2, -0.15) is 0 Å². The Kier molecular flexibility index (Phi) is 6.49. The Bertz CT molecular complexity index is 1070. The third kappa shape index (κ3) is 4.70. The third-order valence-corrected chi connectivity index (χ3v) is 6.23. The summed E-state index contributed by atoms with van der Waals surface area (Å²) in [6.07, 6.45) is 2.70. The van der Waals surface area contributed by atoms with E-state index in [-0.39, 0.29) is 17.7 Å². The molecule has 6 nitrogen and oxygen atoms in total. The van der Waals surface area contributed by atoms with Crippen LogP contribution >= 0.6 is 0 Å². The summed E-state index contributed by atoms with van der Waals surface area (Å²) in [6.45, 7) is 7.53. The molecule has 1 amide bonds. The lowest BCUT2D eigenvalue weighted by Crippen LogP contribution is -2.53. The summed E-state index contributed by atoms with van der Waals surface area (Å²) in [4.78, 5) is 33.2. The van der Waals surface area contributed by atoms with Crippen molar-refractivity contribution >= 4 is 28.3 Å². The number of amides is 1. The Hall–Kier alpha value is -2.96. The maximum absolute atomic E-state index is 13.1. The van der Waals surface area contributed by atoms with E-state index in [1.807, 2.05) is 61.7 Å². The molecule has 2 heterocycles. The predicted octanol–water partition coefficient (Wildman–Crippen LogP) is 3.56. The SMILES string of the molecule is CCc1ccccc1NC(=O)CN1CCN([C@@H](C)C(=O)c2c[nH]c3ccccc23)CC1. The van der Waals surface area contributed by atoms with Crippen molar-refractivity contribution in [3.05, 3.63) is 65.9 Å². The third-order valence-electron chi connectivity index (χ3n) is 6.23. The van der Waals surface area contributed by atoms with E-state index in [0.29, 0.717) is 6.54 Å². The molecular formula is C25H30N4O2. The number of nitrogens with one attached hydrogen (secondary N) is 2. The second kappa shape index (κ2) is 9.45. The molecule has 3 aromatic rings. The maximum atomic E-state index is 13.1. The second-order valence-electron chi connectivity index (χ2n) is 8.16. The number of aromatic nitrogens is 1. The van der Waals surface area contributed by atoms with Gasteiger partial charge in [-0.25, -0.2) is 0 Å². The van der Waals surface area contributed by atoms with Crippen LogP contribution in [0.1, 0.15) is 29.8 Å². The zero-order valence-electron chi connectivity index (χ0n) is 18.2. The lowest BCUT2D eigenvalue weighted by Gasteiger charge is -2.37. The van der Waals surface area contributed by atoms with Gasteiger partial charge in [-0.05, 0) is 31.0 Å². The van der Waals surface area contributed by atoms with Gasteiger partial charge in [0.15, 0.2) is 5.78 Å². The molecule has 162 valence electrons. The first-order valence-electron chi connectivity index (χ1n) is 11.0. The van der Waals surface area contributed by atoms with Crippen LogP contribution in [0.25, 0.3) is 10.9 Å². The molecule has 0 bridgehead atoms. The predicted molar refractivity (Wildman–Crippen MR) is 125 cm³/mol. The molecule has 2 N–H and O–H groups in total. The van der Waals surface area contributed by atoms with E-state index >= 15 is 0 Å². The maximum Gasteiger partial charge on any atom is 0.238 e. The van der Waals surface area contributed by atoms with Gasteiger partial charge in [0, 0.05) is 54.5 Å². The van der Waals surface area contributed by atoms with E-state index in [0.717, 1.165) is 60.3 Å². The van der Waals surface area contributed by atoms with Crippen molar-refractivity contribution in [2.45, 2.75) is 26.3 Å². The van der Waals surface area contributed by atoms with Crippen molar-refractivity contribution in [2.24, 2.45) is 0 Å². The van der Waals surface area contributed by atoms with Gasteiger partial charge >= 0.3 is 0 Å². The van der Waals surface area contributed by atoms with Crippen molar-refractivity contribution in [1.29, 1.82) is 0 Å². The van der Waals surface area contributed by atoms with Gasteiger partial charge in [0.1, 0.15) is 0 Å². The highest BCUT2D eigenvalue weighted by Crippen LogP contribution is 2.21. The number of carbonyl (C=O) groups is 2. The van der Waals surface area contributed by atoms with E-state index in [4.69, 9.17) is 0 Å². The van der Waals surface area contributed by atoms with E-state index < -0.39 is 0 Å². The summed E-state index contributed by atoms with van der Waals surface area (Å²) in [5, 5.41) is 4.02. The molecule has 1 aromatic heterocycles. The fraction of sp³-hybridized carbons (Fsp3) is 0.360. The normalized spacial score (nSPS) is 16.3. The Morgan fingerprint density at radius 3 is 2.52 bits per heavy atom. The largest absolute Gasteiger partial charge is 0.360 e. The number of piperazine rings is 1. The molecule has 1 aliphatic rings. The van der Waals surface area contributed by atoms with Crippen molar-refractivity contribution in [1.82, 2.24) is 14.8 Å². The van der Waals surface area contributed by atoms with Crippen LogP contribution in [0.2, 0.25) is 0 Å². The minimum atomic E-state index is -0.188. The molecule has 1 saturated heterocycles. The number of benzene rings is 2. The van der Waals surface area contributed by atoms with Gasteiger partial charge in [0.2, 0.25) is 5.91 Å². The molecule has 0 unspecified atom stereocenters. The molecule has 2 aromatic carbocycles. The van der Waals surface area contributed by atoms with E-state index in [1.165, 1.54) is 0 Å². The van der Waals surface area contributed by atoms with Gasteiger partial charge < -0.3 is 10.3 Å². The number of ketones is 1. The Morgan fingerprint density at radius 1 is 1.03 bits per heavy atom. The van der Waals surface area contributed by atoms with Gasteiger partial charge in [-0.15, -0.1) is 0 Å². The number of nitrogens with zero attached hydrogens (tertiary/aromatic N) is 2. The van der Waals surface area contributed by atoms with E-state index in [9.17, 15) is 9.59 Å². The van der Waals surface area contributed by atoms with E-state index in [2.05, 4.69) is 27.0 Å². The summed E-state index contributed by atoms with van der Waals surface area (Å²) in [7, 11) is 0. The van der Waals surface area contributed by atoms with Crippen LogP contribution in [0, 0.1) is 0 Å². The Labute approximate surface area is 183 Å². The lowest BCUT2D eigenvalue weighted by atomic mass is 10.0. The number of para-hydroxylation sites is 2. The molecule has 1 atom stereocenters. The van der Waals surface area contributed by atoms with Crippen LogP contribution in [0.15, 0.2) is 54.7 Å². The fourth-order valence-electron chi connectivity index (χ4n) is 4.32. The van der Waals surface area contributed by atoms with Gasteiger partial charge in [0.25, 0.3) is 0 Å². The number of aromatic amines is 1. The first-order valence-corrected chi connectivity index (χ1v) is 11.0. The number of Topliss-reactive ketones (excluding diaryl/α,β-unsaturated/α-hetero) is 1. The van der Waals surface area contributed by atoms with Crippen LogP contribution in [-0.4, -0.2) is 65.2 Å². The highest BCUT2D eigenvalue weighted by molar-refractivity contribution is 6.10. The highest BCUT2D eigenvalue weighted by Gasteiger charge is 2.28. The topological polar surface area (TPSA) is 68.4 Å². The van der Waals surface area contributed by atoms with Crippen LogP contribution in [0.5, 0.6) is 0 Å². The average molecular weight is 419 g/mol. The molecule has 1 aliphatic heterocycles. The summed E-state index contributed by atoms with van der Waals surface area (Å²) in [6, 6.07) is 15.6. The second-order valence-corrected chi connectivity index (χ2v) is 8.16. The summed E-state index contributed by atoms with van der Waals surface area (Å²) in [5.74, 6) is 0.150. The molecule has 1 fully saturated rings. The van der Waals surface area contributed by atoms with Crippen molar-refractivity contribution in [2.75, 3.05) is 38.0 Å². The molecule has 0 radical (unpaired) electrons. The molecule has 6 heteroatoms. The average Bonchev–Trinajstić information content (AvgIpc) is 3.23. The molecular weight excluding hydrogens is 388 g/mol. The molecule has 0 spiro atoms. The number of hydrogen-bond acceptors (Lipinski definition) is 4. The first-order chi connectivity index (χ1) is 15.1. The number of hydrogen-bond donors (Lipinski definition) is 2. The van der Waals surface area contributed by atoms with Gasteiger partial charge in [-0.1, -0.05) is 43.3 Å². The minimum absolute atomic E-state index is 0.0114. The summed E-state index contributed by atoms with van der Waals surface area (Å²) < 4.78 is 0. The number of H-pyrrole nitrogens is 1. The first kappa shape index (κ1) is 21.3. The minimum Gasteiger partial charge on any atom is -0.360 e. The number of carbonyl (C=O) groups excluding carboxylic acids is 2. The zero-order chi connectivity index (χ0) is 21.8. The summed E-state index contributed by atoms with van der Waals surface area (Å²) >= 11 is 0. The van der Waals surface area contributed by atoms with Gasteiger partial charge in [-0.3, -0.25) is 19.4 Å². The smallest absolute Gasteiger partial charge is 0.238 e. The fourth-order valence-corrected chi connectivity index (χ4v) is 4.32. The highest BCUT2D eigenvalue weighted by atomic mass is 16.2. The van der Waals surface area contributed by atoms with Gasteiger partial charge in [0.05, 0.1) is 12.6 Å². The number of anilines is 1. The van der Waals surface area contributed by atoms with Crippen molar-refractivity contribution in [3.8, 4) is 0 Å². The van der Waals surface area contributed by atoms with Crippen LogP contribution in [-0.2, 0) is 11.2 Å². The van der Waals surface area contributed by atoms with Crippen molar-refractivity contribution < 1.29 is 9.59 Å². The molecule has 4 rings (SSSR count). The van der Waals surface area contributed by atoms with Crippen LogP contribution in [0.4, 0.5) is 5.69 Å². The van der Waals surface area contributed by atoms with E-state index in [1.54, 1.807) is 0 Å². The van der Waals surface area contributed by atoms with Crippen LogP contribution < -0.4 is 5.32 Å². The Morgan fingerprint density at radius 2 is 1.74 bits per heavy atom. The van der Waals surface area contributed by atoms with Crippen molar-refractivity contribution in [3.63, 3.8) is 0 Å². The van der Waals surface area contributed by atoms with Crippen LogP contribution in [0.3, 0.4) is 0 Å². The zero-order valence-corrected chi connectivity index (χ0v) is 18.2. The monoisotopic (exact) mass is 418 g/mol. The molecule has 31 heavy (non-hydrogen) atoms. The number of rotatable bonds is 7. The quantitative estimate of drug-likeness (QED) is 0.576. The standard InChI is InChI=1S/C25H30N4O2/c1-3-19-8-4-6-10-22(19)27-24(30)17-28-12-14-29(15-13-28)18(2)25(31)21-16-26-23-11-7-5-9-20(21)23/h4-11,16,18,26H,3,12-15,17H2,1-2H3,(H,27,30)/t18-/m0/s1. The number of fused-ring (bicyclic) bond motifs is 1. The molecule has 0 aliphatic carbocycles. The Balaban J connectivity index is 1.31. The summed E-state index contributed by atoms with van der Waals surface area (Å²) in [5.41, 5.74) is 3.77. The molecule has 0 saturated carbocycles. The lowest BCUT2D eigenvalue weighted by molar-refractivity contribution is -0.117. The number of aryl methyl sites for hydroxylation is 1.